The van der Waals surface area contributed by atoms with Crippen LogP contribution in [0.2, 0.25) is 0 Å². The average molecular weight is 190 g/mol. The third-order valence-corrected chi connectivity index (χ3v) is 1.77. The molecule has 0 aliphatic heterocycles. The van der Waals surface area contributed by atoms with Gasteiger partial charge in [-0.25, -0.2) is 0 Å². The van der Waals surface area contributed by atoms with Crippen LogP contribution in [-0.4, -0.2) is 15.1 Å². The second-order valence-corrected chi connectivity index (χ2v) is 2.98. The van der Waals surface area contributed by atoms with E-state index in [1.165, 1.54) is 0 Å². The summed E-state index contributed by atoms with van der Waals surface area (Å²) in [5.41, 5.74) is 6.47. The van der Waals surface area contributed by atoms with Crippen LogP contribution < -0.4 is 5.73 Å². The van der Waals surface area contributed by atoms with Gasteiger partial charge in [-0.3, -0.25) is 4.98 Å². The van der Waals surface area contributed by atoms with Gasteiger partial charge in [-0.15, -0.1) is 0 Å². The summed E-state index contributed by atoms with van der Waals surface area (Å²) >= 11 is 0. The number of nitrogens with two attached hydrogens (primary N) is 1. The summed E-state index contributed by atoms with van der Waals surface area (Å²) < 4.78 is 4.97. The van der Waals surface area contributed by atoms with Gasteiger partial charge in [-0.2, -0.15) is 4.98 Å². The molecule has 0 radical (unpaired) electrons. The van der Waals surface area contributed by atoms with E-state index >= 15 is 0 Å². The molecule has 5 heteroatoms. The van der Waals surface area contributed by atoms with Gasteiger partial charge >= 0.3 is 0 Å². The molecule has 2 aromatic rings. The van der Waals surface area contributed by atoms with Gasteiger partial charge in [-0.05, 0) is 19.1 Å². The molecule has 2 aromatic heterocycles. The molecule has 1 atom stereocenters. The minimum atomic E-state index is -0.238. The lowest BCUT2D eigenvalue weighted by atomic mass is 10.2. The summed E-state index contributed by atoms with van der Waals surface area (Å²) in [5, 5.41) is 3.81. The largest absolute Gasteiger partial charge is 0.337 e. The smallest absolute Gasteiger partial charge is 0.243 e. The van der Waals surface area contributed by atoms with E-state index in [0.717, 1.165) is 5.56 Å². The Labute approximate surface area is 81.0 Å². The molecule has 5 nitrogen and oxygen atoms in total. The monoisotopic (exact) mass is 190 g/mol. The third kappa shape index (κ3) is 1.62. The molecule has 0 saturated heterocycles. The molecule has 2 rings (SSSR count). The van der Waals surface area contributed by atoms with Gasteiger partial charge in [0.1, 0.15) is 0 Å². The number of rotatable bonds is 2. The molecular weight excluding hydrogens is 180 g/mol. The Bertz CT molecular complexity index is 410. The molecule has 0 aromatic carbocycles. The summed E-state index contributed by atoms with van der Waals surface area (Å²) in [6, 6.07) is 3.39. The van der Waals surface area contributed by atoms with Crippen LogP contribution in [0.4, 0.5) is 0 Å². The zero-order chi connectivity index (χ0) is 9.97. The number of nitrogens with zero attached hydrogens (tertiary/aromatic N) is 3. The van der Waals surface area contributed by atoms with Crippen LogP contribution in [0.3, 0.4) is 0 Å². The van der Waals surface area contributed by atoms with Crippen LogP contribution in [0.15, 0.2) is 29.0 Å². The Morgan fingerprint density at radius 2 is 2.07 bits per heavy atom. The SMILES string of the molecule is C[C@H](N)c1nc(-c2ccncc2)no1. The lowest BCUT2D eigenvalue weighted by Crippen LogP contribution is -2.04. The summed E-state index contributed by atoms with van der Waals surface area (Å²) in [7, 11) is 0. The number of hydrogen-bond acceptors (Lipinski definition) is 5. The maximum absolute atomic E-state index is 5.60. The second kappa shape index (κ2) is 3.55. The summed E-state index contributed by atoms with van der Waals surface area (Å²) in [4.78, 5) is 8.05. The fourth-order valence-electron chi connectivity index (χ4n) is 1.04. The van der Waals surface area contributed by atoms with Crippen LogP contribution in [0, 0.1) is 0 Å². The van der Waals surface area contributed by atoms with E-state index < -0.39 is 0 Å². The summed E-state index contributed by atoms with van der Waals surface area (Å²) in [5.74, 6) is 0.983. The lowest BCUT2D eigenvalue weighted by molar-refractivity contribution is 0.362. The summed E-state index contributed by atoms with van der Waals surface area (Å²) in [6.07, 6.45) is 3.36. The van der Waals surface area contributed by atoms with Gasteiger partial charge in [0.15, 0.2) is 0 Å². The van der Waals surface area contributed by atoms with E-state index in [4.69, 9.17) is 10.3 Å². The van der Waals surface area contributed by atoms with E-state index in [0.29, 0.717) is 11.7 Å². The van der Waals surface area contributed by atoms with Crippen molar-refractivity contribution in [2.45, 2.75) is 13.0 Å². The van der Waals surface area contributed by atoms with Crippen molar-refractivity contribution in [2.75, 3.05) is 0 Å². The van der Waals surface area contributed by atoms with Crippen LogP contribution in [0.1, 0.15) is 18.9 Å². The van der Waals surface area contributed by atoms with Crippen LogP contribution in [0.25, 0.3) is 11.4 Å². The fourth-order valence-corrected chi connectivity index (χ4v) is 1.04. The highest BCUT2D eigenvalue weighted by molar-refractivity contribution is 5.52. The van der Waals surface area contributed by atoms with Crippen molar-refractivity contribution in [2.24, 2.45) is 5.73 Å². The predicted octanol–water partition coefficient (Wildman–Crippen LogP) is 1.15. The minimum absolute atomic E-state index is 0.238. The maximum atomic E-state index is 5.60. The molecular formula is C9H10N4O. The molecule has 2 heterocycles. The van der Waals surface area contributed by atoms with Gasteiger partial charge in [0, 0.05) is 18.0 Å². The quantitative estimate of drug-likeness (QED) is 0.768. The normalized spacial score (nSPS) is 12.7. The van der Waals surface area contributed by atoms with E-state index in [-0.39, 0.29) is 6.04 Å². The minimum Gasteiger partial charge on any atom is -0.337 e. The molecule has 0 amide bonds. The van der Waals surface area contributed by atoms with Crippen LogP contribution in [0.5, 0.6) is 0 Å². The molecule has 0 aliphatic rings. The number of hydrogen-bond donors (Lipinski definition) is 1. The van der Waals surface area contributed by atoms with Crippen molar-refractivity contribution in [3.63, 3.8) is 0 Å². The first kappa shape index (κ1) is 8.83. The van der Waals surface area contributed by atoms with Gasteiger partial charge < -0.3 is 10.3 Å². The zero-order valence-electron chi connectivity index (χ0n) is 7.71. The number of pyridine rings is 1. The molecule has 72 valence electrons. The first-order valence-electron chi connectivity index (χ1n) is 4.27. The highest BCUT2D eigenvalue weighted by atomic mass is 16.5. The van der Waals surface area contributed by atoms with Crippen molar-refractivity contribution in [3.05, 3.63) is 30.4 Å². The van der Waals surface area contributed by atoms with E-state index in [9.17, 15) is 0 Å². The maximum Gasteiger partial charge on any atom is 0.243 e. The van der Waals surface area contributed by atoms with Gasteiger partial charge in [0.25, 0.3) is 0 Å². The van der Waals surface area contributed by atoms with E-state index in [2.05, 4.69) is 15.1 Å². The molecule has 0 saturated carbocycles. The van der Waals surface area contributed by atoms with Crippen LogP contribution in [-0.2, 0) is 0 Å². The molecule has 0 spiro atoms. The van der Waals surface area contributed by atoms with E-state index in [1.54, 1.807) is 19.3 Å². The first-order valence-corrected chi connectivity index (χ1v) is 4.27. The van der Waals surface area contributed by atoms with Gasteiger partial charge in [0.2, 0.25) is 11.7 Å². The Hall–Kier alpha value is -1.75. The highest BCUT2D eigenvalue weighted by Gasteiger charge is 2.10. The van der Waals surface area contributed by atoms with E-state index in [1.807, 2.05) is 12.1 Å². The highest BCUT2D eigenvalue weighted by Crippen LogP contribution is 2.16. The van der Waals surface area contributed by atoms with Crippen molar-refractivity contribution in [1.82, 2.24) is 15.1 Å². The second-order valence-electron chi connectivity index (χ2n) is 2.98. The third-order valence-electron chi connectivity index (χ3n) is 1.77. The molecule has 0 aliphatic carbocycles. The Morgan fingerprint density at radius 3 is 2.64 bits per heavy atom. The first-order chi connectivity index (χ1) is 6.77. The Balaban J connectivity index is 2.34. The Morgan fingerprint density at radius 1 is 1.36 bits per heavy atom. The summed E-state index contributed by atoms with van der Waals surface area (Å²) in [6.45, 7) is 1.80. The molecule has 0 fully saturated rings. The zero-order valence-corrected chi connectivity index (χ0v) is 7.71. The van der Waals surface area contributed by atoms with Crippen molar-refractivity contribution in [1.29, 1.82) is 0 Å². The standard InChI is InChI=1S/C9H10N4O/c1-6(10)9-12-8(13-14-9)7-2-4-11-5-3-7/h2-6H,10H2,1H3/t6-/m0/s1. The molecule has 0 bridgehead atoms. The molecule has 2 N–H and O–H groups in total. The van der Waals surface area contributed by atoms with Crippen molar-refractivity contribution >= 4 is 0 Å². The van der Waals surface area contributed by atoms with Crippen LogP contribution >= 0.6 is 0 Å². The predicted molar refractivity (Wildman–Crippen MR) is 50.1 cm³/mol. The van der Waals surface area contributed by atoms with Crippen molar-refractivity contribution < 1.29 is 4.52 Å². The lowest BCUT2D eigenvalue weighted by Gasteiger charge is -1.93. The Kier molecular flexibility index (Phi) is 2.24. The number of aromatic nitrogens is 3. The van der Waals surface area contributed by atoms with Crippen molar-refractivity contribution in [3.8, 4) is 11.4 Å². The average Bonchev–Trinajstić information content (AvgIpc) is 2.68. The molecule has 14 heavy (non-hydrogen) atoms. The van der Waals surface area contributed by atoms with Gasteiger partial charge in [0.05, 0.1) is 6.04 Å². The fraction of sp³-hybridized carbons (Fsp3) is 0.222. The topological polar surface area (TPSA) is 77.8 Å². The van der Waals surface area contributed by atoms with Gasteiger partial charge in [-0.1, -0.05) is 5.16 Å². The molecule has 0 unspecified atom stereocenters.